The summed E-state index contributed by atoms with van der Waals surface area (Å²) < 4.78 is 26.7. The monoisotopic (exact) mass is 242 g/mol. The Labute approximate surface area is 101 Å². The first-order chi connectivity index (χ1) is 7.82. The van der Waals surface area contributed by atoms with Gasteiger partial charge in [-0.05, 0) is 25.8 Å². The summed E-state index contributed by atoms with van der Waals surface area (Å²) in [7, 11) is 0. The molecule has 0 aliphatic heterocycles. The van der Waals surface area contributed by atoms with Crippen LogP contribution >= 0.6 is 0 Å². The number of hydrogen-bond acceptors (Lipinski definition) is 2. The highest BCUT2D eigenvalue weighted by Gasteiger charge is 2.18. The Morgan fingerprint density at radius 3 is 2.24 bits per heavy atom. The van der Waals surface area contributed by atoms with E-state index >= 15 is 0 Å². The van der Waals surface area contributed by atoms with Crippen LogP contribution in [0.5, 0.6) is 0 Å². The fraction of sp³-hybridized carbons (Fsp3) is 0.538. The van der Waals surface area contributed by atoms with E-state index in [0.29, 0.717) is 18.2 Å². The molecule has 2 N–H and O–H groups in total. The van der Waals surface area contributed by atoms with E-state index in [1.54, 1.807) is 0 Å². The van der Waals surface area contributed by atoms with E-state index in [2.05, 4.69) is 13.8 Å². The van der Waals surface area contributed by atoms with Crippen LogP contribution in [0.2, 0.25) is 0 Å². The number of hydrogen-bond donors (Lipinski definition) is 1. The molecule has 0 bridgehead atoms. The molecule has 0 spiro atoms. The summed E-state index contributed by atoms with van der Waals surface area (Å²) in [6.07, 6.45) is 0. The molecule has 17 heavy (non-hydrogen) atoms. The molecule has 0 fully saturated rings. The van der Waals surface area contributed by atoms with Crippen molar-refractivity contribution >= 4 is 11.4 Å². The summed E-state index contributed by atoms with van der Waals surface area (Å²) in [6.45, 7) is 8.78. The number of nitrogens with zero attached hydrogens (tertiary/aromatic N) is 1. The van der Waals surface area contributed by atoms with Gasteiger partial charge >= 0.3 is 0 Å². The standard InChI is InChI=1S/C13H20F2N2/c1-8(2)7-17(9(3)4)12-6-10(14)5-11(15)13(12)16/h5-6,8-9H,7,16H2,1-4H3. The van der Waals surface area contributed by atoms with Gasteiger partial charge in [-0.2, -0.15) is 0 Å². The predicted octanol–water partition coefficient (Wildman–Crippen LogP) is 3.42. The third kappa shape index (κ3) is 3.32. The third-order valence-corrected chi connectivity index (χ3v) is 2.57. The van der Waals surface area contributed by atoms with Gasteiger partial charge in [-0.25, -0.2) is 8.78 Å². The van der Waals surface area contributed by atoms with Gasteiger partial charge in [-0.15, -0.1) is 0 Å². The van der Waals surface area contributed by atoms with Crippen molar-refractivity contribution in [1.82, 2.24) is 0 Å². The zero-order valence-corrected chi connectivity index (χ0v) is 10.8. The van der Waals surface area contributed by atoms with Gasteiger partial charge < -0.3 is 10.6 Å². The molecule has 0 amide bonds. The molecular weight excluding hydrogens is 222 g/mol. The maximum atomic E-state index is 13.4. The number of rotatable bonds is 4. The quantitative estimate of drug-likeness (QED) is 0.820. The van der Waals surface area contributed by atoms with Crippen molar-refractivity contribution in [1.29, 1.82) is 0 Å². The lowest BCUT2D eigenvalue weighted by molar-refractivity contribution is 0.558. The van der Waals surface area contributed by atoms with Crippen LogP contribution < -0.4 is 10.6 Å². The van der Waals surface area contributed by atoms with Gasteiger partial charge in [0, 0.05) is 18.7 Å². The third-order valence-electron chi connectivity index (χ3n) is 2.57. The second-order valence-electron chi connectivity index (χ2n) is 4.96. The van der Waals surface area contributed by atoms with E-state index in [9.17, 15) is 8.78 Å². The van der Waals surface area contributed by atoms with E-state index in [1.165, 1.54) is 6.07 Å². The highest BCUT2D eigenvalue weighted by molar-refractivity contribution is 5.68. The molecule has 0 radical (unpaired) electrons. The number of nitrogens with two attached hydrogens (primary N) is 1. The number of benzene rings is 1. The Bertz CT molecular complexity index is 389. The molecule has 1 aromatic carbocycles. The Morgan fingerprint density at radius 2 is 1.76 bits per heavy atom. The van der Waals surface area contributed by atoms with Crippen LogP contribution in [0.4, 0.5) is 20.2 Å². The van der Waals surface area contributed by atoms with Crippen molar-refractivity contribution in [2.24, 2.45) is 5.92 Å². The summed E-state index contributed by atoms with van der Waals surface area (Å²) in [5.41, 5.74) is 6.13. The smallest absolute Gasteiger partial charge is 0.151 e. The average molecular weight is 242 g/mol. The zero-order valence-electron chi connectivity index (χ0n) is 10.8. The Balaban J connectivity index is 3.18. The molecule has 0 unspecified atom stereocenters. The van der Waals surface area contributed by atoms with Gasteiger partial charge in [-0.3, -0.25) is 0 Å². The number of nitrogen functional groups attached to an aromatic ring is 1. The van der Waals surface area contributed by atoms with Crippen molar-refractivity contribution in [3.05, 3.63) is 23.8 Å². The largest absolute Gasteiger partial charge is 0.395 e. The van der Waals surface area contributed by atoms with Gasteiger partial charge in [0.15, 0.2) is 5.82 Å². The summed E-state index contributed by atoms with van der Waals surface area (Å²) >= 11 is 0. The molecule has 0 aliphatic rings. The van der Waals surface area contributed by atoms with Gasteiger partial charge in [-0.1, -0.05) is 13.8 Å². The minimum Gasteiger partial charge on any atom is -0.395 e. The second-order valence-corrected chi connectivity index (χ2v) is 4.96. The highest BCUT2D eigenvalue weighted by atomic mass is 19.1. The maximum absolute atomic E-state index is 13.4. The molecule has 1 aromatic rings. The SMILES string of the molecule is CC(C)CN(c1cc(F)cc(F)c1N)C(C)C. The Kier molecular flexibility index (Phi) is 4.32. The normalized spacial score (nSPS) is 11.3. The van der Waals surface area contributed by atoms with Crippen molar-refractivity contribution in [3.63, 3.8) is 0 Å². The van der Waals surface area contributed by atoms with Crippen LogP contribution in [-0.4, -0.2) is 12.6 Å². The fourth-order valence-corrected chi connectivity index (χ4v) is 1.79. The van der Waals surface area contributed by atoms with Crippen LogP contribution in [-0.2, 0) is 0 Å². The molecule has 2 nitrogen and oxygen atoms in total. The first-order valence-electron chi connectivity index (χ1n) is 5.84. The predicted molar refractivity (Wildman–Crippen MR) is 68.1 cm³/mol. The van der Waals surface area contributed by atoms with Gasteiger partial charge in [0.2, 0.25) is 0 Å². The number of halogens is 2. The molecular formula is C13H20F2N2. The minimum atomic E-state index is -0.700. The summed E-state index contributed by atoms with van der Waals surface area (Å²) in [6, 6.07) is 2.24. The highest BCUT2D eigenvalue weighted by Crippen LogP contribution is 2.29. The molecule has 96 valence electrons. The van der Waals surface area contributed by atoms with E-state index in [4.69, 9.17) is 5.73 Å². The minimum absolute atomic E-state index is 0.0146. The van der Waals surface area contributed by atoms with Crippen LogP contribution in [0.1, 0.15) is 27.7 Å². The van der Waals surface area contributed by atoms with Crippen LogP contribution in [0.15, 0.2) is 12.1 Å². The zero-order chi connectivity index (χ0) is 13.2. The molecule has 4 heteroatoms. The number of anilines is 2. The Morgan fingerprint density at radius 1 is 1.18 bits per heavy atom. The van der Waals surface area contributed by atoms with E-state index in [-0.39, 0.29) is 11.7 Å². The lowest BCUT2D eigenvalue weighted by Crippen LogP contribution is -2.35. The van der Waals surface area contributed by atoms with E-state index < -0.39 is 11.6 Å². The first-order valence-corrected chi connectivity index (χ1v) is 5.84. The van der Waals surface area contributed by atoms with Crippen molar-refractivity contribution in [3.8, 4) is 0 Å². The van der Waals surface area contributed by atoms with Crippen LogP contribution in [0.3, 0.4) is 0 Å². The van der Waals surface area contributed by atoms with Crippen molar-refractivity contribution in [2.75, 3.05) is 17.2 Å². The Hall–Kier alpha value is -1.32. The molecule has 0 aromatic heterocycles. The lowest BCUT2D eigenvalue weighted by atomic mass is 10.1. The van der Waals surface area contributed by atoms with Crippen molar-refractivity contribution < 1.29 is 8.78 Å². The van der Waals surface area contributed by atoms with Crippen LogP contribution in [0.25, 0.3) is 0 Å². The van der Waals surface area contributed by atoms with E-state index in [0.717, 1.165) is 6.07 Å². The molecule has 1 rings (SSSR count). The lowest BCUT2D eigenvalue weighted by Gasteiger charge is -2.31. The van der Waals surface area contributed by atoms with Crippen molar-refractivity contribution in [2.45, 2.75) is 33.7 Å². The van der Waals surface area contributed by atoms with Gasteiger partial charge in [0.25, 0.3) is 0 Å². The second kappa shape index (κ2) is 5.34. The molecule has 0 heterocycles. The topological polar surface area (TPSA) is 29.3 Å². The molecule has 0 saturated carbocycles. The molecule has 0 saturated heterocycles. The molecule has 0 aliphatic carbocycles. The van der Waals surface area contributed by atoms with Gasteiger partial charge in [0.05, 0.1) is 11.4 Å². The average Bonchev–Trinajstić information content (AvgIpc) is 2.19. The fourth-order valence-electron chi connectivity index (χ4n) is 1.79. The summed E-state index contributed by atoms with van der Waals surface area (Å²) in [5.74, 6) is -0.904. The summed E-state index contributed by atoms with van der Waals surface area (Å²) in [4.78, 5) is 1.92. The van der Waals surface area contributed by atoms with Crippen LogP contribution in [0, 0.1) is 17.6 Å². The van der Waals surface area contributed by atoms with E-state index in [1.807, 2.05) is 18.7 Å². The van der Waals surface area contributed by atoms with Gasteiger partial charge in [0.1, 0.15) is 5.82 Å². The first kappa shape index (κ1) is 13.7. The summed E-state index contributed by atoms with van der Waals surface area (Å²) in [5, 5.41) is 0. The molecule has 0 atom stereocenters. The maximum Gasteiger partial charge on any atom is 0.151 e.